The van der Waals surface area contributed by atoms with Crippen molar-refractivity contribution in [1.82, 2.24) is 0 Å². The highest BCUT2D eigenvalue weighted by molar-refractivity contribution is 9.10. The molecule has 5 heterocycles. The van der Waals surface area contributed by atoms with Crippen molar-refractivity contribution in [2.45, 2.75) is 117 Å². The Kier molecular flexibility index (Phi) is 10.3. The van der Waals surface area contributed by atoms with Crippen molar-refractivity contribution in [3.05, 3.63) is 63.3 Å². The highest BCUT2D eigenvalue weighted by Gasteiger charge is 2.63. The zero-order valence-electron chi connectivity index (χ0n) is 29.8. The molecule has 48 heavy (non-hydrogen) atoms. The summed E-state index contributed by atoms with van der Waals surface area (Å²) in [5.74, 6) is -0.330. The van der Waals surface area contributed by atoms with Gasteiger partial charge in [0.1, 0.15) is 11.6 Å². The summed E-state index contributed by atoms with van der Waals surface area (Å²) >= 11 is 6.16. The van der Waals surface area contributed by atoms with E-state index in [1.165, 1.54) is 34.8 Å². The zero-order valence-corrected chi connectivity index (χ0v) is 33.0. The van der Waals surface area contributed by atoms with Crippen LogP contribution in [-0.4, -0.2) is 54.7 Å². The third-order valence-electron chi connectivity index (χ3n) is 10.4. The number of hydrogen-bond acceptors (Lipinski definition) is 8. The summed E-state index contributed by atoms with van der Waals surface area (Å²) in [6.45, 7) is 24.3. The van der Waals surface area contributed by atoms with Gasteiger partial charge in [0.2, 0.25) is 0 Å². The molecule has 14 heteroatoms. The smallest absolute Gasteiger partial charge is 0.405 e. The van der Waals surface area contributed by atoms with Crippen LogP contribution in [0.15, 0.2) is 51.6 Å². The van der Waals surface area contributed by atoms with Crippen molar-refractivity contribution in [3.63, 3.8) is 0 Å². The van der Waals surface area contributed by atoms with Crippen LogP contribution in [0.25, 0.3) is 20.2 Å². The molecule has 3 fully saturated rings. The Bertz CT molecular complexity index is 1710. The SMILES string of the molecule is CC1(C)OB(B2OC(C)(C)C(C)(C)O2)OC1(C)C.CC1(C)OB(c2csc3c(F)cccc23)OC1(C)C.Fc1cccc2c(Br)csc12. The maximum Gasteiger partial charge on any atom is 0.496 e. The normalized spacial score (nSPS) is 22.9. The van der Waals surface area contributed by atoms with Crippen molar-refractivity contribution in [2.24, 2.45) is 0 Å². The van der Waals surface area contributed by atoms with Crippen molar-refractivity contribution in [3.8, 4) is 0 Å². The molecule has 3 aliphatic rings. The second kappa shape index (κ2) is 13.0. The molecular weight excluding hydrogens is 719 g/mol. The van der Waals surface area contributed by atoms with E-state index >= 15 is 0 Å². The summed E-state index contributed by atoms with van der Waals surface area (Å²) in [7, 11) is -1.38. The van der Waals surface area contributed by atoms with Gasteiger partial charge in [0.05, 0.1) is 43.0 Å². The summed E-state index contributed by atoms with van der Waals surface area (Å²) < 4.78 is 64.9. The fraction of sp³-hybridized carbons (Fsp3) is 0.529. The molecular formula is C34H44B3BrF2O6S2. The molecule has 0 bridgehead atoms. The molecule has 0 spiro atoms. The van der Waals surface area contributed by atoms with Gasteiger partial charge in [-0.2, -0.15) is 0 Å². The predicted octanol–water partition coefficient (Wildman–Crippen LogP) is 9.39. The standard InChI is InChI=1S/C14H16BFO2S.C12H24B2O4.C8H4BrFS/c1-13(2)14(3,4)18-15(17-13)10-8-19-12-9(10)6-5-7-11(12)16;1-9(2)10(3,4)16-13(15-9)14-17-11(5,6)12(7,8)18-14;9-6-4-11-8-5(6)2-1-3-7(8)10/h5-8H,1-4H3;1-8H3;1-4H. The average molecular weight is 763 g/mol. The van der Waals surface area contributed by atoms with Crippen molar-refractivity contribution in [1.29, 1.82) is 0 Å². The van der Waals surface area contributed by atoms with Gasteiger partial charge in [-0.15, -0.1) is 22.7 Å². The minimum atomic E-state index is -0.476. The number of fused-ring (bicyclic) bond motifs is 2. The molecule has 0 amide bonds. The second-order valence-corrected chi connectivity index (χ2v) is 18.0. The topological polar surface area (TPSA) is 55.4 Å². The largest absolute Gasteiger partial charge is 0.496 e. The summed E-state index contributed by atoms with van der Waals surface area (Å²) in [4.78, 5) is 0. The minimum Gasteiger partial charge on any atom is -0.405 e. The first kappa shape index (κ1) is 37.9. The van der Waals surface area contributed by atoms with Crippen molar-refractivity contribution in [2.75, 3.05) is 0 Å². The number of halogens is 3. The van der Waals surface area contributed by atoms with E-state index in [4.69, 9.17) is 27.9 Å². The molecule has 0 aliphatic carbocycles. The Morgan fingerprint density at radius 3 is 1.29 bits per heavy atom. The van der Waals surface area contributed by atoms with Gasteiger partial charge < -0.3 is 27.9 Å². The molecule has 0 unspecified atom stereocenters. The summed E-state index contributed by atoms with van der Waals surface area (Å²) in [5.41, 5.74) is -1.28. The molecule has 0 radical (unpaired) electrons. The lowest BCUT2D eigenvalue weighted by atomic mass is 9.49. The van der Waals surface area contributed by atoms with Crippen molar-refractivity contribution >= 4 is 85.4 Å². The van der Waals surface area contributed by atoms with Crippen molar-refractivity contribution < 1.29 is 36.7 Å². The molecule has 258 valence electrons. The zero-order chi connectivity index (χ0) is 35.7. The summed E-state index contributed by atoms with van der Waals surface area (Å²) in [5, 5.41) is 5.66. The number of hydrogen-bond donors (Lipinski definition) is 0. The first-order valence-corrected chi connectivity index (χ1v) is 18.6. The Hall–Kier alpha value is -1.35. The highest BCUT2D eigenvalue weighted by Crippen LogP contribution is 2.43. The van der Waals surface area contributed by atoms with Gasteiger partial charge in [0.25, 0.3) is 0 Å². The van der Waals surface area contributed by atoms with E-state index in [0.29, 0.717) is 4.70 Å². The third-order valence-corrected chi connectivity index (χ3v) is 13.3. The minimum absolute atomic E-state index is 0.141. The van der Waals surface area contributed by atoms with Crippen LogP contribution in [-0.2, 0) is 27.9 Å². The molecule has 0 N–H and O–H groups in total. The number of benzene rings is 2. The van der Waals surface area contributed by atoms with Crippen LogP contribution >= 0.6 is 38.6 Å². The Labute approximate surface area is 300 Å². The lowest BCUT2D eigenvalue weighted by molar-refractivity contribution is 0.00578. The molecule has 3 saturated heterocycles. The van der Waals surface area contributed by atoms with Gasteiger partial charge in [0.15, 0.2) is 0 Å². The van der Waals surface area contributed by atoms with Crippen LogP contribution < -0.4 is 5.46 Å². The van der Waals surface area contributed by atoms with Gasteiger partial charge in [0, 0.05) is 20.7 Å². The van der Waals surface area contributed by atoms with Gasteiger partial charge in [-0.1, -0.05) is 24.3 Å². The Balaban J connectivity index is 0.000000146. The summed E-state index contributed by atoms with van der Waals surface area (Å²) in [6.07, 6.45) is 0. The Morgan fingerprint density at radius 2 is 0.875 bits per heavy atom. The van der Waals surface area contributed by atoms with E-state index in [2.05, 4.69) is 15.9 Å². The molecule has 2 aromatic carbocycles. The molecule has 7 rings (SSSR count). The van der Waals surface area contributed by atoms with E-state index in [0.717, 1.165) is 25.4 Å². The predicted molar refractivity (Wildman–Crippen MR) is 199 cm³/mol. The van der Waals surface area contributed by atoms with Crippen LogP contribution in [0, 0.1) is 11.6 Å². The first-order valence-electron chi connectivity index (χ1n) is 16.0. The lowest BCUT2D eigenvalue weighted by Gasteiger charge is -2.32. The molecule has 6 nitrogen and oxygen atoms in total. The fourth-order valence-electron chi connectivity index (χ4n) is 5.18. The fourth-order valence-corrected chi connectivity index (χ4v) is 7.74. The Morgan fingerprint density at radius 1 is 0.521 bits per heavy atom. The molecule has 3 aliphatic heterocycles. The van der Waals surface area contributed by atoms with E-state index < -0.39 is 21.1 Å². The quantitative estimate of drug-likeness (QED) is 0.190. The average Bonchev–Trinajstić information content (AvgIpc) is 3.71. The van der Waals surface area contributed by atoms with Crippen LogP contribution in [0.4, 0.5) is 8.78 Å². The van der Waals surface area contributed by atoms with E-state index in [1.54, 1.807) is 12.1 Å². The summed E-state index contributed by atoms with van der Waals surface area (Å²) in [6, 6.07) is 10.2. The van der Waals surface area contributed by atoms with Gasteiger partial charge in [-0.25, -0.2) is 8.78 Å². The highest BCUT2D eigenvalue weighted by atomic mass is 79.9. The van der Waals surface area contributed by atoms with Gasteiger partial charge in [-0.05, 0) is 122 Å². The van der Waals surface area contributed by atoms with Crippen LogP contribution in [0.5, 0.6) is 0 Å². The maximum absolute atomic E-state index is 13.7. The van der Waals surface area contributed by atoms with Crippen LogP contribution in [0.3, 0.4) is 0 Å². The first-order chi connectivity index (χ1) is 22.0. The van der Waals surface area contributed by atoms with E-state index in [9.17, 15) is 8.78 Å². The monoisotopic (exact) mass is 762 g/mol. The van der Waals surface area contributed by atoms with Crippen LogP contribution in [0.1, 0.15) is 83.1 Å². The van der Waals surface area contributed by atoms with Crippen LogP contribution in [0.2, 0.25) is 0 Å². The maximum atomic E-state index is 13.7. The van der Waals surface area contributed by atoms with E-state index in [-0.39, 0.29) is 45.2 Å². The van der Waals surface area contributed by atoms with E-state index in [1.807, 2.05) is 106 Å². The molecule has 2 aromatic heterocycles. The number of rotatable bonds is 2. The lowest BCUT2D eigenvalue weighted by Crippen LogP contribution is -2.41. The molecule has 0 atom stereocenters. The molecule has 4 aromatic rings. The molecule has 0 saturated carbocycles. The van der Waals surface area contributed by atoms with Gasteiger partial charge >= 0.3 is 21.1 Å². The second-order valence-electron chi connectivity index (χ2n) is 15.3. The van der Waals surface area contributed by atoms with Gasteiger partial charge in [-0.3, -0.25) is 0 Å². The third kappa shape index (κ3) is 7.08. The number of thiophene rings is 2.